The maximum Gasteiger partial charge on any atom is 0.0743 e. The van der Waals surface area contributed by atoms with E-state index in [1.807, 2.05) is 0 Å². The van der Waals surface area contributed by atoms with Gasteiger partial charge < -0.3 is 5.11 Å². The molecular weight excluding hydrogens is 196 g/mol. The highest BCUT2D eigenvalue weighted by Gasteiger charge is 2.53. The highest BCUT2D eigenvalue weighted by atomic mass is 16.3. The number of rotatable bonds is 1. The Hall–Kier alpha value is -0.300. The van der Waals surface area contributed by atoms with E-state index in [0.29, 0.717) is 23.7 Å². The molecule has 0 spiro atoms. The first-order valence-corrected chi connectivity index (χ1v) is 6.82. The summed E-state index contributed by atoms with van der Waals surface area (Å²) in [7, 11) is 0. The van der Waals surface area contributed by atoms with Crippen molar-refractivity contribution in [1.29, 1.82) is 0 Å². The first-order valence-electron chi connectivity index (χ1n) is 6.82. The van der Waals surface area contributed by atoms with E-state index < -0.39 is 5.60 Å². The minimum atomic E-state index is -0.394. The van der Waals surface area contributed by atoms with Crippen molar-refractivity contribution in [2.75, 3.05) is 0 Å². The Kier molecular flexibility index (Phi) is 3.18. The van der Waals surface area contributed by atoms with Gasteiger partial charge in [0.2, 0.25) is 0 Å². The van der Waals surface area contributed by atoms with Crippen LogP contribution in [0.15, 0.2) is 11.6 Å². The van der Waals surface area contributed by atoms with Gasteiger partial charge in [-0.3, -0.25) is 0 Å². The van der Waals surface area contributed by atoms with E-state index in [-0.39, 0.29) is 0 Å². The number of allylic oxidation sites excluding steroid dienone is 1. The molecule has 1 N–H and O–H groups in total. The first-order chi connectivity index (χ1) is 7.45. The zero-order chi connectivity index (χ0) is 11.9. The van der Waals surface area contributed by atoms with Gasteiger partial charge in [0, 0.05) is 5.92 Å². The molecule has 92 valence electrons. The molecule has 0 radical (unpaired) electrons. The van der Waals surface area contributed by atoms with E-state index in [4.69, 9.17) is 0 Å². The summed E-state index contributed by atoms with van der Waals surface area (Å²) in [5.74, 6) is 2.29. The maximum absolute atomic E-state index is 11.0. The van der Waals surface area contributed by atoms with Crippen LogP contribution in [-0.2, 0) is 0 Å². The molecule has 5 unspecified atom stereocenters. The third kappa shape index (κ3) is 1.84. The number of aliphatic hydroxyl groups is 1. The highest BCUT2D eigenvalue weighted by molar-refractivity contribution is 5.13. The standard InChI is InChI=1S/C15H26O/c1-10(2)9-14-11(3)5-6-13-12(4)7-8-15(13,14)16/h9,11-14,16H,5-8H2,1-4H3. The van der Waals surface area contributed by atoms with Crippen molar-refractivity contribution < 1.29 is 5.11 Å². The summed E-state index contributed by atoms with van der Waals surface area (Å²) < 4.78 is 0. The molecule has 1 heteroatoms. The molecule has 0 bridgehead atoms. The van der Waals surface area contributed by atoms with Gasteiger partial charge in [-0.1, -0.05) is 25.5 Å². The Balaban J connectivity index is 2.30. The summed E-state index contributed by atoms with van der Waals surface area (Å²) in [6.45, 7) is 8.93. The largest absolute Gasteiger partial charge is 0.389 e. The van der Waals surface area contributed by atoms with Gasteiger partial charge in [0.05, 0.1) is 5.60 Å². The second-order valence-electron chi connectivity index (χ2n) is 6.44. The summed E-state index contributed by atoms with van der Waals surface area (Å²) in [5.41, 5.74) is 0.958. The van der Waals surface area contributed by atoms with Crippen molar-refractivity contribution in [3.8, 4) is 0 Å². The lowest BCUT2D eigenvalue weighted by Gasteiger charge is -2.45. The van der Waals surface area contributed by atoms with Crippen LogP contribution in [0.1, 0.15) is 53.4 Å². The lowest BCUT2D eigenvalue weighted by atomic mass is 9.63. The second kappa shape index (κ2) is 4.18. The van der Waals surface area contributed by atoms with Crippen LogP contribution in [-0.4, -0.2) is 10.7 Å². The van der Waals surface area contributed by atoms with Gasteiger partial charge in [-0.15, -0.1) is 0 Å². The van der Waals surface area contributed by atoms with Crippen molar-refractivity contribution in [2.24, 2.45) is 23.7 Å². The highest BCUT2D eigenvalue weighted by Crippen LogP contribution is 2.53. The number of hydrogen-bond acceptors (Lipinski definition) is 1. The summed E-state index contributed by atoms with van der Waals surface area (Å²) in [6, 6.07) is 0. The van der Waals surface area contributed by atoms with Gasteiger partial charge in [0.15, 0.2) is 0 Å². The number of hydrogen-bond donors (Lipinski definition) is 1. The molecule has 2 aliphatic carbocycles. The third-order valence-corrected chi connectivity index (χ3v) is 4.97. The van der Waals surface area contributed by atoms with E-state index in [2.05, 4.69) is 33.8 Å². The molecule has 16 heavy (non-hydrogen) atoms. The summed E-state index contributed by atoms with van der Waals surface area (Å²) in [5, 5.41) is 11.0. The van der Waals surface area contributed by atoms with Gasteiger partial charge in [-0.2, -0.15) is 0 Å². The summed E-state index contributed by atoms with van der Waals surface area (Å²) in [4.78, 5) is 0. The van der Waals surface area contributed by atoms with Crippen LogP contribution in [0.5, 0.6) is 0 Å². The monoisotopic (exact) mass is 222 g/mol. The van der Waals surface area contributed by atoms with Crippen LogP contribution >= 0.6 is 0 Å². The van der Waals surface area contributed by atoms with Crippen molar-refractivity contribution >= 4 is 0 Å². The van der Waals surface area contributed by atoms with Gasteiger partial charge in [0.25, 0.3) is 0 Å². The lowest BCUT2D eigenvalue weighted by Crippen LogP contribution is -2.48. The Bertz CT molecular complexity index is 290. The van der Waals surface area contributed by atoms with Crippen molar-refractivity contribution in [2.45, 2.75) is 59.0 Å². The number of fused-ring (bicyclic) bond motifs is 1. The molecule has 0 heterocycles. The van der Waals surface area contributed by atoms with Crippen LogP contribution in [0.3, 0.4) is 0 Å². The quantitative estimate of drug-likeness (QED) is 0.669. The molecule has 0 aliphatic heterocycles. The van der Waals surface area contributed by atoms with E-state index >= 15 is 0 Å². The van der Waals surface area contributed by atoms with Crippen LogP contribution < -0.4 is 0 Å². The molecule has 0 aromatic carbocycles. The van der Waals surface area contributed by atoms with E-state index in [1.165, 1.54) is 24.8 Å². The fourth-order valence-corrected chi connectivity index (χ4v) is 4.07. The van der Waals surface area contributed by atoms with Gasteiger partial charge >= 0.3 is 0 Å². The molecular formula is C15H26O. The lowest BCUT2D eigenvalue weighted by molar-refractivity contribution is -0.0859. The molecule has 0 aromatic heterocycles. The fourth-order valence-electron chi connectivity index (χ4n) is 4.07. The molecule has 2 fully saturated rings. The van der Waals surface area contributed by atoms with Gasteiger partial charge in [-0.05, 0) is 57.3 Å². The van der Waals surface area contributed by atoms with E-state index in [0.717, 1.165) is 6.42 Å². The molecule has 2 saturated carbocycles. The Morgan fingerprint density at radius 3 is 2.44 bits per heavy atom. The topological polar surface area (TPSA) is 20.2 Å². The molecule has 1 nitrogen and oxygen atoms in total. The average molecular weight is 222 g/mol. The summed E-state index contributed by atoms with van der Waals surface area (Å²) >= 11 is 0. The molecule has 0 amide bonds. The van der Waals surface area contributed by atoms with E-state index in [1.54, 1.807) is 0 Å². The SMILES string of the molecule is CC(C)=CC1C(C)CCC2C(C)CCC12O. The predicted molar refractivity (Wildman–Crippen MR) is 68.2 cm³/mol. The Morgan fingerprint density at radius 1 is 1.12 bits per heavy atom. The molecule has 0 aromatic rings. The van der Waals surface area contributed by atoms with Crippen molar-refractivity contribution in [3.63, 3.8) is 0 Å². The minimum absolute atomic E-state index is 0.390. The van der Waals surface area contributed by atoms with Gasteiger partial charge in [0.1, 0.15) is 0 Å². The van der Waals surface area contributed by atoms with Crippen LogP contribution in [0.25, 0.3) is 0 Å². The summed E-state index contributed by atoms with van der Waals surface area (Å²) in [6.07, 6.45) is 7.06. The van der Waals surface area contributed by atoms with E-state index in [9.17, 15) is 5.11 Å². The van der Waals surface area contributed by atoms with Crippen LogP contribution in [0, 0.1) is 23.7 Å². The normalized spacial score (nSPS) is 47.6. The van der Waals surface area contributed by atoms with Crippen molar-refractivity contribution in [1.82, 2.24) is 0 Å². The average Bonchev–Trinajstić information content (AvgIpc) is 2.49. The second-order valence-corrected chi connectivity index (χ2v) is 6.44. The molecule has 2 rings (SSSR count). The Labute approximate surface area is 99.9 Å². The Morgan fingerprint density at radius 2 is 1.81 bits per heavy atom. The molecule has 2 aliphatic rings. The molecule has 5 atom stereocenters. The first kappa shape index (κ1) is 12.2. The fraction of sp³-hybridized carbons (Fsp3) is 0.867. The smallest absolute Gasteiger partial charge is 0.0743 e. The zero-order valence-electron chi connectivity index (χ0n) is 11.2. The maximum atomic E-state index is 11.0. The van der Waals surface area contributed by atoms with Gasteiger partial charge in [-0.25, -0.2) is 0 Å². The minimum Gasteiger partial charge on any atom is -0.389 e. The molecule has 0 saturated heterocycles. The van der Waals surface area contributed by atoms with Crippen molar-refractivity contribution in [3.05, 3.63) is 11.6 Å². The van der Waals surface area contributed by atoms with Crippen LogP contribution in [0.4, 0.5) is 0 Å². The zero-order valence-corrected chi connectivity index (χ0v) is 11.2. The predicted octanol–water partition coefficient (Wildman–Crippen LogP) is 3.78. The van der Waals surface area contributed by atoms with Crippen LogP contribution in [0.2, 0.25) is 0 Å². The third-order valence-electron chi connectivity index (χ3n) is 4.97.